The molecule has 2 heterocycles. The fraction of sp³-hybridized carbons (Fsp3) is 0.267. The summed E-state index contributed by atoms with van der Waals surface area (Å²) in [6, 6.07) is 7.34. The van der Waals surface area contributed by atoms with E-state index < -0.39 is 5.91 Å². The Bertz CT molecular complexity index is 759. The number of aromatic nitrogens is 1. The largest absolute Gasteiger partial charge is 0.484 e. The molecular formula is C15H16N4O3S. The molecule has 7 nitrogen and oxygen atoms in total. The van der Waals surface area contributed by atoms with Crippen LogP contribution in [0.5, 0.6) is 5.75 Å². The molecule has 0 fully saturated rings. The van der Waals surface area contributed by atoms with Gasteiger partial charge in [0.25, 0.3) is 5.91 Å². The quantitative estimate of drug-likeness (QED) is 0.770. The van der Waals surface area contributed by atoms with Gasteiger partial charge in [-0.25, -0.2) is 4.98 Å². The van der Waals surface area contributed by atoms with E-state index in [9.17, 15) is 9.59 Å². The number of hydrogen-bond acceptors (Lipinski definition) is 6. The first-order chi connectivity index (χ1) is 11.1. The molecule has 23 heavy (non-hydrogen) atoms. The Morgan fingerprint density at radius 2 is 2.39 bits per heavy atom. The summed E-state index contributed by atoms with van der Waals surface area (Å²) in [4.78, 5) is 28.1. The Morgan fingerprint density at radius 1 is 1.57 bits per heavy atom. The van der Waals surface area contributed by atoms with E-state index in [0.29, 0.717) is 18.0 Å². The minimum atomic E-state index is -0.532. The van der Waals surface area contributed by atoms with E-state index in [1.165, 1.54) is 11.3 Å². The summed E-state index contributed by atoms with van der Waals surface area (Å²) in [5.41, 5.74) is 6.03. The van der Waals surface area contributed by atoms with Crippen LogP contribution in [0.1, 0.15) is 22.8 Å². The van der Waals surface area contributed by atoms with E-state index in [0.717, 1.165) is 15.6 Å². The summed E-state index contributed by atoms with van der Waals surface area (Å²) in [5, 5.41) is 6.55. The minimum Gasteiger partial charge on any atom is -0.484 e. The fourth-order valence-electron chi connectivity index (χ4n) is 2.47. The number of nitrogens with zero attached hydrogens (tertiary/aromatic N) is 1. The lowest BCUT2D eigenvalue weighted by atomic mass is 9.91. The van der Waals surface area contributed by atoms with Gasteiger partial charge in [-0.3, -0.25) is 9.59 Å². The molecule has 2 amide bonds. The normalized spacial score (nSPS) is 16.4. The average Bonchev–Trinajstić information content (AvgIpc) is 2.95. The Hall–Kier alpha value is -2.61. The number of benzene rings is 1. The second-order valence-electron chi connectivity index (χ2n) is 5.11. The topological polar surface area (TPSA) is 106 Å². The molecule has 8 heteroatoms. The van der Waals surface area contributed by atoms with Crippen molar-refractivity contribution in [1.29, 1.82) is 0 Å². The smallest absolute Gasteiger partial charge is 0.255 e. The number of primary amides is 1. The van der Waals surface area contributed by atoms with E-state index in [1.807, 2.05) is 18.2 Å². The van der Waals surface area contributed by atoms with Crippen LogP contribution in [0.2, 0.25) is 0 Å². The van der Waals surface area contributed by atoms with Gasteiger partial charge in [0, 0.05) is 19.4 Å². The highest BCUT2D eigenvalue weighted by Gasteiger charge is 2.30. The molecule has 1 aliphatic heterocycles. The third-order valence-electron chi connectivity index (χ3n) is 3.47. The van der Waals surface area contributed by atoms with Gasteiger partial charge in [0.15, 0.2) is 11.7 Å². The molecule has 0 radical (unpaired) electrons. The Morgan fingerprint density at radius 3 is 3.13 bits per heavy atom. The SMILES string of the molecule is CNc1nc2c(s1)C(c1cccc(OCC(N)=O)c1)CC(=O)N2. The first kappa shape index (κ1) is 15.3. The van der Waals surface area contributed by atoms with Gasteiger partial charge >= 0.3 is 0 Å². The molecule has 0 spiro atoms. The zero-order chi connectivity index (χ0) is 16.4. The fourth-order valence-corrected chi connectivity index (χ4v) is 3.47. The van der Waals surface area contributed by atoms with Crippen molar-refractivity contribution in [3.8, 4) is 5.75 Å². The molecule has 120 valence electrons. The highest BCUT2D eigenvalue weighted by atomic mass is 32.1. The van der Waals surface area contributed by atoms with Crippen molar-refractivity contribution >= 4 is 34.1 Å². The van der Waals surface area contributed by atoms with Crippen LogP contribution < -0.4 is 21.1 Å². The molecule has 1 aromatic heterocycles. The Balaban J connectivity index is 1.92. The number of amides is 2. The molecule has 0 saturated carbocycles. The van der Waals surface area contributed by atoms with Crippen molar-refractivity contribution in [2.75, 3.05) is 24.3 Å². The van der Waals surface area contributed by atoms with Gasteiger partial charge in [-0.1, -0.05) is 23.5 Å². The van der Waals surface area contributed by atoms with Crippen LogP contribution in [-0.2, 0) is 9.59 Å². The lowest BCUT2D eigenvalue weighted by Gasteiger charge is -2.22. The van der Waals surface area contributed by atoms with Crippen LogP contribution >= 0.6 is 11.3 Å². The summed E-state index contributed by atoms with van der Waals surface area (Å²) < 4.78 is 5.34. The standard InChI is InChI=1S/C15H16N4O3S/c1-17-15-19-14-13(23-15)10(6-12(21)18-14)8-3-2-4-9(5-8)22-7-11(16)20/h2-5,10H,6-7H2,1H3,(H2,16,20)(H,17,19)(H,18,21). The molecule has 1 unspecified atom stereocenters. The van der Waals surface area contributed by atoms with Crippen LogP contribution in [0.15, 0.2) is 24.3 Å². The molecule has 4 N–H and O–H groups in total. The molecule has 2 aromatic rings. The maximum Gasteiger partial charge on any atom is 0.255 e. The zero-order valence-electron chi connectivity index (χ0n) is 12.5. The summed E-state index contributed by atoms with van der Waals surface area (Å²) in [7, 11) is 1.79. The maximum absolute atomic E-state index is 11.9. The molecule has 0 saturated heterocycles. The van der Waals surface area contributed by atoms with Gasteiger partial charge in [0.1, 0.15) is 11.6 Å². The van der Waals surface area contributed by atoms with Crippen molar-refractivity contribution < 1.29 is 14.3 Å². The van der Waals surface area contributed by atoms with E-state index in [-0.39, 0.29) is 18.4 Å². The van der Waals surface area contributed by atoms with Crippen LogP contribution in [0.3, 0.4) is 0 Å². The number of ether oxygens (including phenoxy) is 1. The van der Waals surface area contributed by atoms with Gasteiger partial charge in [0.05, 0.1) is 4.88 Å². The van der Waals surface area contributed by atoms with Crippen LogP contribution in [-0.4, -0.2) is 30.5 Å². The lowest BCUT2D eigenvalue weighted by Crippen LogP contribution is -2.23. The Labute approximate surface area is 136 Å². The van der Waals surface area contributed by atoms with Gasteiger partial charge in [-0.15, -0.1) is 0 Å². The summed E-state index contributed by atoms with van der Waals surface area (Å²) in [5.74, 6) is 0.460. The number of nitrogens with two attached hydrogens (primary N) is 1. The van der Waals surface area contributed by atoms with E-state index >= 15 is 0 Å². The van der Waals surface area contributed by atoms with Crippen LogP contribution in [0.25, 0.3) is 0 Å². The minimum absolute atomic E-state index is 0.0705. The highest BCUT2D eigenvalue weighted by molar-refractivity contribution is 7.16. The number of carbonyl (C=O) groups is 2. The average molecular weight is 332 g/mol. The Kier molecular flexibility index (Phi) is 4.16. The predicted octanol–water partition coefficient (Wildman–Crippen LogP) is 1.52. The third kappa shape index (κ3) is 3.26. The predicted molar refractivity (Wildman–Crippen MR) is 87.9 cm³/mol. The number of hydrogen-bond donors (Lipinski definition) is 3. The van der Waals surface area contributed by atoms with Crippen molar-refractivity contribution in [1.82, 2.24) is 4.98 Å². The molecule has 3 rings (SSSR count). The molecule has 1 aliphatic rings. The monoisotopic (exact) mass is 332 g/mol. The first-order valence-electron chi connectivity index (χ1n) is 7.06. The summed E-state index contributed by atoms with van der Waals surface area (Å²) >= 11 is 1.51. The second kappa shape index (κ2) is 6.25. The number of nitrogens with one attached hydrogen (secondary N) is 2. The third-order valence-corrected chi connectivity index (χ3v) is 4.66. The van der Waals surface area contributed by atoms with Gasteiger partial charge < -0.3 is 21.1 Å². The van der Waals surface area contributed by atoms with Crippen LogP contribution in [0.4, 0.5) is 10.9 Å². The van der Waals surface area contributed by atoms with Crippen molar-refractivity contribution in [2.45, 2.75) is 12.3 Å². The summed E-state index contributed by atoms with van der Waals surface area (Å²) in [6.07, 6.45) is 0.345. The van der Waals surface area contributed by atoms with Crippen LogP contribution in [0, 0.1) is 0 Å². The molecular weight excluding hydrogens is 316 g/mol. The van der Waals surface area contributed by atoms with Crippen molar-refractivity contribution in [3.05, 3.63) is 34.7 Å². The number of anilines is 2. The maximum atomic E-state index is 11.9. The van der Waals surface area contributed by atoms with E-state index in [1.54, 1.807) is 13.1 Å². The summed E-state index contributed by atoms with van der Waals surface area (Å²) in [6.45, 7) is -0.176. The number of thiazole rings is 1. The highest BCUT2D eigenvalue weighted by Crippen LogP contribution is 2.42. The van der Waals surface area contributed by atoms with E-state index in [2.05, 4.69) is 15.6 Å². The molecule has 1 atom stereocenters. The lowest BCUT2D eigenvalue weighted by molar-refractivity contribution is -0.120. The van der Waals surface area contributed by atoms with Gasteiger partial charge in [-0.05, 0) is 17.7 Å². The second-order valence-corrected chi connectivity index (χ2v) is 6.14. The number of rotatable bonds is 5. The number of carbonyl (C=O) groups excluding carboxylic acids is 2. The first-order valence-corrected chi connectivity index (χ1v) is 7.88. The molecule has 0 aliphatic carbocycles. The molecule has 1 aromatic carbocycles. The van der Waals surface area contributed by atoms with Crippen molar-refractivity contribution in [2.24, 2.45) is 5.73 Å². The van der Waals surface area contributed by atoms with Gasteiger partial charge in [0.2, 0.25) is 5.91 Å². The van der Waals surface area contributed by atoms with Crippen molar-refractivity contribution in [3.63, 3.8) is 0 Å². The molecule has 0 bridgehead atoms. The van der Waals surface area contributed by atoms with Gasteiger partial charge in [-0.2, -0.15) is 0 Å². The number of fused-ring (bicyclic) bond motifs is 1. The van der Waals surface area contributed by atoms with E-state index in [4.69, 9.17) is 10.5 Å². The zero-order valence-corrected chi connectivity index (χ0v) is 13.3.